The minimum absolute atomic E-state index is 0.142. The first kappa shape index (κ1) is 32.6. The van der Waals surface area contributed by atoms with Gasteiger partial charge in [-0.25, -0.2) is 0 Å². The molecular formula is C32H44F3N3O3S. The Morgan fingerprint density at radius 2 is 1.62 bits per heavy atom. The van der Waals surface area contributed by atoms with Crippen molar-refractivity contribution in [2.45, 2.75) is 80.7 Å². The summed E-state index contributed by atoms with van der Waals surface area (Å²) in [4.78, 5) is 17.9. The van der Waals surface area contributed by atoms with E-state index in [9.17, 15) is 23.2 Å². The number of alkyl halides is 3. The van der Waals surface area contributed by atoms with E-state index in [2.05, 4.69) is 11.8 Å². The predicted molar refractivity (Wildman–Crippen MR) is 162 cm³/mol. The van der Waals surface area contributed by atoms with Crippen molar-refractivity contribution in [3.63, 3.8) is 0 Å². The van der Waals surface area contributed by atoms with Gasteiger partial charge in [0.1, 0.15) is 6.61 Å². The van der Waals surface area contributed by atoms with Gasteiger partial charge >= 0.3 is 12.1 Å². The number of quaternary nitrogens is 1. The van der Waals surface area contributed by atoms with E-state index < -0.39 is 11.7 Å². The number of carbonyl (C=O) groups excluding carboxylic acids is 1. The van der Waals surface area contributed by atoms with Crippen molar-refractivity contribution < 1.29 is 27.3 Å². The Labute approximate surface area is 252 Å². The number of nitrogens with zero attached hydrogens (tertiary/aromatic N) is 3. The number of hydrogen-bond acceptors (Lipinski definition) is 6. The van der Waals surface area contributed by atoms with E-state index >= 15 is 0 Å². The summed E-state index contributed by atoms with van der Waals surface area (Å²) in [6, 6.07) is 11.6. The molecule has 0 radical (unpaired) electrons. The van der Waals surface area contributed by atoms with Crippen molar-refractivity contribution in [3.8, 4) is 0 Å². The largest absolute Gasteiger partial charge is 0.633 e. The molecule has 6 nitrogen and oxygen atoms in total. The Balaban J connectivity index is 1.19. The van der Waals surface area contributed by atoms with E-state index in [0.717, 1.165) is 34.4 Å². The number of unbranched alkanes of at least 4 members (excludes halogenated alkanes) is 6. The lowest BCUT2D eigenvalue weighted by molar-refractivity contribution is -0.885. The highest BCUT2D eigenvalue weighted by Gasteiger charge is 2.33. The number of halogens is 3. The average molecular weight is 608 g/mol. The van der Waals surface area contributed by atoms with Crippen LogP contribution in [0.1, 0.15) is 70.3 Å². The number of esters is 1. The van der Waals surface area contributed by atoms with E-state index in [1.54, 1.807) is 6.07 Å². The maximum Gasteiger partial charge on any atom is 0.416 e. The van der Waals surface area contributed by atoms with Crippen LogP contribution in [0.5, 0.6) is 0 Å². The number of fused-ring (bicyclic) bond motifs is 2. The number of anilines is 2. The molecule has 0 N–H and O–H groups in total. The number of ether oxygens (including phenoxy) is 1. The molecule has 0 atom stereocenters. The number of carbonyl (C=O) groups is 1. The van der Waals surface area contributed by atoms with Crippen molar-refractivity contribution >= 4 is 29.1 Å². The molecule has 10 heteroatoms. The quantitative estimate of drug-likeness (QED) is 0.0885. The van der Waals surface area contributed by atoms with Crippen LogP contribution in [-0.4, -0.2) is 67.9 Å². The summed E-state index contributed by atoms with van der Waals surface area (Å²) in [5.74, 6) is -0.142. The van der Waals surface area contributed by atoms with Crippen LogP contribution in [0.4, 0.5) is 24.5 Å². The maximum atomic E-state index is 13.5. The van der Waals surface area contributed by atoms with Crippen LogP contribution in [0.3, 0.4) is 0 Å². The third kappa shape index (κ3) is 9.36. The van der Waals surface area contributed by atoms with Gasteiger partial charge in [-0.15, -0.1) is 0 Å². The van der Waals surface area contributed by atoms with Crippen LogP contribution >= 0.6 is 11.8 Å². The lowest BCUT2D eigenvalue weighted by atomic mass is 10.1. The monoisotopic (exact) mass is 607 g/mol. The minimum atomic E-state index is -4.42. The molecule has 0 unspecified atom stereocenters. The summed E-state index contributed by atoms with van der Waals surface area (Å²) in [7, 11) is 0. The first-order valence-electron chi connectivity index (χ1n) is 15.4. The fourth-order valence-corrected chi connectivity index (χ4v) is 6.74. The molecule has 0 spiro atoms. The molecule has 0 saturated carbocycles. The van der Waals surface area contributed by atoms with Crippen molar-refractivity contribution in [1.82, 2.24) is 4.90 Å². The first-order chi connectivity index (χ1) is 20.2. The van der Waals surface area contributed by atoms with Crippen molar-refractivity contribution in [2.75, 3.05) is 57.3 Å². The SMILES string of the molecule is CCCCCCCCCC(=O)OCCN1CC[N+]([O-])(CCCN2c3ccccc3Sc3ccc(C(F)(F)F)cc32)CC1. The Morgan fingerprint density at radius 3 is 2.36 bits per heavy atom. The second-order valence-electron chi connectivity index (χ2n) is 11.4. The molecule has 0 amide bonds. The van der Waals surface area contributed by atoms with E-state index in [-0.39, 0.29) is 10.6 Å². The molecule has 0 aliphatic carbocycles. The third-order valence-electron chi connectivity index (χ3n) is 8.20. The molecule has 2 aromatic rings. The van der Waals surface area contributed by atoms with Gasteiger partial charge in [0, 0.05) is 48.8 Å². The molecule has 1 saturated heterocycles. The topological polar surface area (TPSA) is 55.8 Å². The second-order valence-corrected chi connectivity index (χ2v) is 12.5. The Hall–Kier alpha value is -2.27. The molecule has 2 aromatic carbocycles. The number of hydroxylamine groups is 3. The highest BCUT2D eigenvalue weighted by molar-refractivity contribution is 7.99. The molecule has 1 fully saturated rings. The first-order valence-corrected chi connectivity index (χ1v) is 16.2. The zero-order chi connectivity index (χ0) is 30.0. The van der Waals surface area contributed by atoms with E-state index in [0.29, 0.717) is 70.9 Å². The number of para-hydroxylation sites is 1. The van der Waals surface area contributed by atoms with Crippen LogP contribution in [0.25, 0.3) is 0 Å². The van der Waals surface area contributed by atoms with E-state index in [1.165, 1.54) is 49.9 Å². The van der Waals surface area contributed by atoms with Gasteiger partial charge < -0.3 is 19.5 Å². The van der Waals surface area contributed by atoms with Gasteiger partial charge in [0.2, 0.25) is 0 Å². The normalized spacial score (nSPS) is 16.6. The number of rotatable bonds is 15. The molecule has 2 heterocycles. The zero-order valence-electron chi connectivity index (χ0n) is 24.7. The summed E-state index contributed by atoms with van der Waals surface area (Å²) < 4.78 is 45.6. The third-order valence-corrected chi connectivity index (χ3v) is 9.33. The average Bonchev–Trinajstić information content (AvgIpc) is 2.97. The molecule has 42 heavy (non-hydrogen) atoms. The Bertz CT molecular complexity index is 1160. The van der Waals surface area contributed by atoms with Crippen LogP contribution in [0.2, 0.25) is 0 Å². The summed E-state index contributed by atoms with van der Waals surface area (Å²) in [5.41, 5.74) is 0.744. The standard InChI is InChI=1S/C32H44F3N3O3S/c1-2-3-4-5-6-7-8-14-31(39)41-24-20-36-18-22-38(40,23-19-36)21-11-17-37-27-12-9-10-13-29(27)42-30-16-15-26(25-28(30)37)32(33,34)35/h9-10,12-13,15-16,25H,2-8,11,14,17-24H2,1H3. The highest BCUT2D eigenvalue weighted by atomic mass is 32.2. The Morgan fingerprint density at radius 1 is 0.929 bits per heavy atom. The van der Waals surface area contributed by atoms with Gasteiger partial charge in [0.15, 0.2) is 0 Å². The second kappa shape index (κ2) is 15.5. The summed E-state index contributed by atoms with van der Waals surface area (Å²) >= 11 is 1.47. The highest BCUT2D eigenvalue weighted by Crippen LogP contribution is 2.49. The van der Waals surface area contributed by atoms with E-state index in [4.69, 9.17) is 4.74 Å². The van der Waals surface area contributed by atoms with Gasteiger partial charge in [0.25, 0.3) is 0 Å². The van der Waals surface area contributed by atoms with Crippen LogP contribution < -0.4 is 4.90 Å². The smallest absolute Gasteiger partial charge is 0.416 e. The van der Waals surface area contributed by atoms with Gasteiger partial charge in [-0.3, -0.25) is 9.69 Å². The van der Waals surface area contributed by atoms with E-state index in [1.807, 2.05) is 29.2 Å². The molecule has 0 aromatic heterocycles. The zero-order valence-corrected chi connectivity index (χ0v) is 25.5. The molecule has 232 valence electrons. The summed E-state index contributed by atoms with van der Waals surface area (Å²) in [5, 5.41) is 13.5. The Kier molecular flexibility index (Phi) is 12.0. The molecule has 0 bridgehead atoms. The van der Waals surface area contributed by atoms with Gasteiger partial charge in [-0.1, -0.05) is 69.3 Å². The summed E-state index contributed by atoms with van der Waals surface area (Å²) in [6.45, 7) is 6.23. The van der Waals surface area contributed by atoms with Crippen molar-refractivity contribution in [3.05, 3.63) is 53.2 Å². The maximum absolute atomic E-state index is 13.5. The van der Waals surface area contributed by atoms with Crippen LogP contribution in [0.15, 0.2) is 52.3 Å². The number of hydrogen-bond donors (Lipinski definition) is 0. The molecular weight excluding hydrogens is 563 g/mol. The van der Waals surface area contributed by atoms with Crippen LogP contribution in [-0.2, 0) is 15.7 Å². The minimum Gasteiger partial charge on any atom is -0.633 e. The van der Waals surface area contributed by atoms with Crippen LogP contribution in [0, 0.1) is 5.21 Å². The molecule has 2 aliphatic heterocycles. The molecule has 4 rings (SSSR count). The van der Waals surface area contributed by atoms with Gasteiger partial charge in [-0.2, -0.15) is 13.2 Å². The van der Waals surface area contributed by atoms with Crippen molar-refractivity contribution in [1.29, 1.82) is 0 Å². The lowest BCUT2D eigenvalue weighted by Crippen LogP contribution is -2.57. The molecule has 2 aliphatic rings. The van der Waals surface area contributed by atoms with Crippen molar-refractivity contribution in [2.24, 2.45) is 0 Å². The summed E-state index contributed by atoms with van der Waals surface area (Å²) in [6.07, 6.45) is 4.75. The van der Waals surface area contributed by atoms with Gasteiger partial charge in [-0.05, 0) is 36.8 Å². The van der Waals surface area contributed by atoms with Gasteiger partial charge in [0.05, 0.1) is 36.6 Å². The fourth-order valence-electron chi connectivity index (χ4n) is 5.67. The predicted octanol–water partition coefficient (Wildman–Crippen LogP) is 8.01. The lowest BCUT2D eigenvalue weighted by Gasteiger charge is -2.48. The number of piperazine rings is 1. The fraction of sp³-hybridized carbons (Fsp3) is 0.594. The number of benzene rings is 2.